The number of rotatable bonds is 4. The molecule has 2 aliphatic rings. The van der Waals surface area contributed by atoms with Gasteiger partial charge in [0.2, 0.25) is 0 Å². The first kappa shape index (κ1) is 19.5. The molecule has 2 aromatic carbocycles. The van der Waals surface area contributed by atoms with Crippen molar-refractivity contribution in [1.29, 1.82) is 0 Å². The number of benzene rings is 2. The monoisotopic (exact) mass is 429 g/mol. The topological polar surface area (TPSA) is 26.8 Å². The maximum atomic E-state index is 12.9. The molecular weight excluding hydrogens is 410 g/mol. The summed E-state index contributed by atoms with van der Waals surface area (Å²) >= 11 is 13.0. The molecule has 2 saturated heterocycles. The van der Waals surface area contributed by atoms with E-state index in [-0.39, 0.29) is 5.91 Å². The normalized spacial score (nSPS) is 19.7. The van der Waals surface area contributed by atoms with Gasteiger partial charge in [-0.05, 0) is 29.8 Å². The van der Waals surface area contributed by atoms with Gasteiger partial charge in [0.1, 0.15) is 4.32 Å². The fraction of sp³-hybridized carbons (Fsp3) is 0.238. The van der Waals surface area contributed by atoms with Gasteiger partial charge in [-0.3, -0.25) is 14.6 Å². The third kappa shape index (κ3) is 4.25. The highest BCUT2D eigenvalue weighted by Gasteiger charge is 2.33. The zero-order valence-electron chi connectivity index (χ0n) is 15.3. The van der Waals surface area contributed by atoms with Crippen LogP contribution in [0, 0.1) is 0 Å². The van der Waals surface area contributed by atoms with Crippen LogP contribution in [0.1, 0.15) is 5.56 Å². The third-order valence-electron chi connectivity index (χ3n) is 4.90. The van der Waals surface area contributed by atoms with Crippen LogP contribution in [-0.2, 0) is 4.79 Å². The van der Waals surface area contributed by atoms with Crippen molar-refractivity contribution in [3.05, 3.63) is 70.1 Å². The Bertz CT molecular complexity index is 911. The zero-order valence-corrected chi connectivity index (χ0v) is 17.6. The first-order valence-electron chi connectivity index (χ1n) is 9.14. The number of halogens is 1. The van der Waals surface area contributed by atoms with E-state index in [1.54, 1.807) is 4.90 Å². The molecule has 0 unspecified atom stereocenters. The lowest BCUT2D eigenvalue weighted by atomic mass is 10.2. The average molecular weight is 430 g/mol. The fourth-order valence-electron chi connectivity index (χ4n) is 3.34. The zero-order chi connectivity index (χ0) is 19.5. The van der Waals surface area contributed by atoms with Gasteiger partial charge in [0.05, 0.1) is 11.6 Å². The van der Waals surface area contributed by atoms with Gasteiger partial charge in [0.25, 0.3) is 5.91 Å². The summed E-state index contributed by atoms with van der Waals surface area (Å²) in [5.74, 6) is -0.0413. The maximum absolute atomic E-state index is 12.9. The van der Waals surface area contributed by atoms with Crippen LogP contribution in [0.25, 0.3) is 6.08 Å². The Balaban J connectivity index is 1.39. The summed E-state index contributed by atoms with van der Waals surface area (Å²) in [5.41, 5.74) is 2.08. The summed E-state index contributed by atoms with van der Waals surface area (Å²) in [6.07, 6.45) is 1.83. The van der Waals surface area contributed by atoms with E-state index in [9.17, 15) is 4.79 Å². The molecule has 0 aromatic heterocycles. The number of anilines is 1. The Morgan fingerprint density at radius 1 is 1.00 bits per heavy atom. The number of para-hydroxylation sites is 1. The van der Waals surface area contributed by atoms with Crippen molar-refractivity contribution in [2.24, 2.45) is 0 Å². The number of carbonyl (C=O) groups is 1. The standard InChI is InChI=1S/C21H20ClN3OS2/c22-18-9-5-4-6-16(18)14-19-20(26)25(21(27)28-19)15-23-10-12-24(13-11-23)17-7-2-1-3-8-17/h1-9,14H,10-13,15H2/b19-14+. The smallest absolute Gasteiger partial charge is 0.267 e. The molecule has 4 nitrogen and oxygen atoms in total. The van der Waals surface area contributed by atoms with Gasteiger partial charge in [-0.2, -0.15) is 0 Å². The summed E-state index contributed by atoms with van der Waals surface area (Å²) < 4.78 is 0.605. The SMILES string of the molecule is O=C1/C(=C\c2ccccc2Cl)SC(=S)N1CN1CCN(c2ccccc2)CC1. The van der Waals surface area contributed by atoms with Crippen molar-refractivity contribution >= 4 is 57.6 Å². The van der Waals surface area contributed by atoms with E-state index in [0.717, 1.165) is 31.7 Å². The Morgan fingerprint density at radius 3 is 2.39 bits per heavy atom. The van der Waals surface area contributed by atoms with Crippen LogP contribution in [0.15, 0.2) is 59.5 Å². The van der Waals surface area contributed by atoms with Crippen LogP contribution in [-0.4, -0.2) is 52.9 Å². The van der Waals surface area contributed by atoms with Crippen LogP contribution in [0.3, 0.4) is 0 Å². The van der Waals surface area contributed by atoms with Gasteiger partial charge >= 0.3 is 0 Å². The highest BCUT2D eigenvalue weighted by atomic mass is 35.5. The van der Waals surface area contributed by atoms with E-state index >= 15 is 0 Å². The average Bonchev–Trinajstić information content (AvgIpc) is 2.98. The minimum atomic E-state index is -0.0413. The molecule has 28 heavy (non-hydrogen) atoms. The number of thiocarbonyl (C=S) groups is 1. The van der Waals surface area contributed by atoms with Gasteiger partial charge in [-0.25, -0.2) is 0 Å². The Morgan fingerprint density at radius 2 is 1.68 bits per heavy atom. The number of carbonyl (C=O) groups excluding carboxylic acids is 1. The van der Waals surface area contributed by atoms with Crippen LogP contribution in [0.2, 0.25) is 5.02 Å². The first-order chi connectivity index (χ1) is 13.6. The predicted octanol–water partition coefficient (Wildman–Crippen LogP) is 4.32. The molecule has 0 saturated carbocycles. The molecular formula is C21H20ClN3OS2. The molecule has 0 radical (unpaired) electrons. The van der Waals surface area contributed by atoms with Crippen LogP contribution >= 0.6 is 35.6 Å². The lowest BCUT2D eigenvalue weighted by Crippen LogP contribution is -2.50. The molecule has 0 spiro atoms. The molecule has 2 fully saturated rings. The van der Waals surface area contributed by atoms with E-state index in [1.807, 2.05) is 36.4 Å². The molecule has 1 amide bonds. The number of nitrogens with zero attached hydrogens (tertiary/aromatic N) is 3. The van der Waals surface area contributed by atoms with Gasteiger partial charge < -0.3 is 4.90 Å². The second kappa shape index (κ2) is 8.66. The lowest BCUT2D eigenvalue weighted by Gasteiger charge is -2.37. The molecule has 0 N–H and O–H groups in total. The minimum absolute atomic E-state index is 0.0413. The van der Waals surface area contributed by atoms with E-state index < -0.39 is 0 Å². The number of thioether (sulfide) groups is 1. The van der Waals surface area contributed by atoms with Crippen molar-refractivity contribution in [2.75, 3.05) is 37.7 Å². The molecule has 4 rings (SSSR count). The van der Waals surface area contributed by atoms with Gasteiger partial charge in [-0.1, -0.05) is 72.0 Å². The van der Waals surface area contributed by atoms with E-state index in [4.69, 9.17) is 23.8 Å². The molecule has 2 heterocycles. The predicted molar refractivity (Wildman–Crippen MR) is 122 cm³/mol. The van der Waals surface area contributed by atoms with Gasteiger partial charge in [0.15, 0.2) is 0 Å². The van der Waals surface area contributed by atoms with Crippen LogP contribution < -0.4 is 4.90 Å². The van der Waals surface area contributed by atoms with Crippen molar-refractivity contribution in [3.63, 3.8) is 0 Å². The Kier molecular flexibility index (Phi) is 6.01. The largest absolute Gasteiger partial charge is 0.369 e. The van der Waals surface area contributed by atoms with Crippen molar-refractivity contribution in [2.45, 2.75) is 0 Å². The highest BCUT2D eigenvalue weighted by Crippen LogP contribution is 2.34. The molecule has 0 bridgehead atoms. The second-order valence-corrected chi connectivity index (χ2v) is 8.80. The summed E-state index contributed by atoms with van der Waals surface area (Å²) in [4.78, 5) is 19.8. The highest BCUT2D eigenvalue weighted by molar-refractivity contribution is 8.26. The van der Waals surface area contributed by atoms with Crippen molar-refractivity contribution in [1.82, 2.24) is 9.80 Å². The third-order valence-corrected chi connectivity index (χ3v) is 6.62. The van der Waals surface area contributed by atoms with E-state index in [1.165, 1.54) is 17.4 Å². The van der Waals surface area contributed by atoms with Gasteiger partial charge in [-0.15, -0.1) is 0 Å². The fourth-order valence-corrected chi connectivity index (χ4v) is 4.76. The molecule has 0 atom stereocenters. The first-order valence-corrected chi connectivity index (χ1v) is 10.7. The summed E-state index contributed by atoms with van der Waals surface area (Å²) in [6.45, 7) is 4.21. The lowest BCUT2D eigenvalue weighted by molar-refractivity contribution is -0.123. The molecule has 0 aliphatic carbocycles. The van der Waals surface area contributed by atoms with Crippen molar-refractivity contribution in [3.8, 4) is 0 Å². The summed E-state index contributed by atoms with van der Waals surface area (Å²) in [5, 5.41) is 0.629. The quantitative estimate of drug-likeness (QED) is 0.532. The second-order valence-electron chi connectivity index (χ2n) is 6.71. The minimum Gasteiger partial charge on any atom is -0.369 e. The molecule has 7 heteroatoms. The number of amides is 1. The van der Waals surface area contributed by atoms with E-state index in [2.05, 4.69) is 34.1 Å². The maximum Gasteiger partial charge on any atom is 0.267 e. The van der Waals surface area contributed by atoms with Gasteiger partial charge in [0, 0.05) is 36.9 Å². The Labute approximate surface area is 179 Å². The van der Waals surface area contributed by atoms with Crippen LogP contribution in [0.5, 0.6) is 0 Å². The van der Waals surface area contributed by atoms with Crippen LogP contribution in [0.4, 0.5) is 5.69 Å². The number of hydrogen-bond donors (Lipinski definition) is 0. The number of piperazine rings is 1. The molecule has 2 aromatic rings. The summed E-state index contributed by atoms with van der Waals surface area (Å²) in [7, 11) is 0. The molecule has 2 aliphatic heterocycles. The van der Waals surface area contributed by atoms with Crippen molar-refractivity contribution < 1.29 is 4.79 Å². The summed E-state index contributed by atoms with van der Waals surface area (Å²) in [6, 6.07) is 17.9. The van der Waals surface area contributed by atoms with E-state index in [0.29, 0.717) is 20.9 Å². The Hall–Kier alpha value is -1.86. The number of hydrogen-bond acceptors (Lipinski definition) is 5. The molecule has 144 valence electrons.